The van der Waals surface area contributed by atoms with Crippen molar-refractivity contribution in [2.24, 2.45) is 0 Å². The SMILES string of the molecule is Cc1ncccc1[N+](=O)[O-].O=[N+]([O-])c1cc([N+](=O)[O-])c(O)c([N+](=O)[O-])c1. The number of phenolic OH excluding ortho intramolecular Hbond substituents is 1. The summed E-state index contributed by atoms with van der Waals surface area (Å²) in [5, 5.41) is 50.4. The standard InChI is InChI=1S/C6H3N3O7.C6H6N2O2/c10-6-4(8(13)14)1-3(7(11)12)2-5(6)9(15)16;1-5-6(8(9)10)3-2-4-7-5/h1-2,10H;2-4H,1H3. The Morgan fingerprint density at radius 3 is 1.62 bits per heavy atom. The molecule has 0 unspecified atom stereocenters. The van der Waals surface area contributed by atoms with Gasteiger partial charge in [0.2, 0.25) is 0 Å². The van der Waals surface area contributed by atoms with Crippen LogP contribution < -0.4 is 0 Å². The van der Waals surface area contributed by atoms with Crippen LogP contribution in [0.1, 0.15) is 5.69 Å². The molecule has 1 aromatic heterocycles. The van der Waals surface area contributed by atoms with Gasteiger partial charge in [0, 0.05) is 12.3 Å². The van der Waals surface area contributed by atoms with Crippen molar-refractivity contribution < 1.29 is 24.8 Å². The molecule has 136 valence electrons. The molecule has 1 heterocycles. The summed E-state index contributed by atoms with van der Waals surface area (Å²) in [6.45, 7) is 1.61. The van der Waals surface area contributed by atoms with Gasteiger partial charge in [0.1, 0.15) is 5.69 Å². The molecule has 0 aliphatic heterocycles. The molecular weight excluding hydrogens is 358 g/mol. The molecule has 1 N–H and O–H groups in total. The maximum absolute atomic E-state index is 10.4. The molecule has 0 radical (unpaired) electrons. The molecule has 0 saturated heterocycles. The van der Waals surface area contributed by atoms with Gasteiger partial charge in [-0.15, -0.1) is 0 Å². The van der Waals surface area contributed by atoms with Crippen molar-refractivity contribution in [3.8, 4) is 5.75 Å². The Balaban J connectivity index is 0.000000289. The number of aromatic hydroxyl groups is 1. The van der Waals surface area contributed by atoms with Gasteiger partial charge in [-0.1, -0.05) is 0 Å². The highest BCUT2D eigenvalue weighted by Gasteiger charge is 2.30. The number of aromatic nitrogens is 1. The second-order valence-electron chi connectivity index (χ2n) is 4.47. The van der Waals surface area contributed by atoms with Crippen molar-refractivity contribution >= 4 is 22.7 Å². The first-order valence-corrected chi connectivity index (χ1v) is 6.42. The van der Waals surface area contributed by atoms with Gasteiger partial charge in [0.25, 0.3) is 17.1 Å². The monoisotopic (exact) mass is 367 g/mol. The van der Waals surface area contributed by atoms with Crippen molar-refractivity contribution in [1.82, 2.24) is 4.98 Å². The van der Waals surface area contributed by atoms with Crippen LogP contribution in [0.2, 0.25) is 0 Å². The fourth-order valence-corrected chi connectivity index (χ4v) is 1.64. The molecule has 2 rings (SSSR count). The lowest BCUT2D eigenvalue weighted by molar-refractivity contribution is -0.404. The van der Waals surface area contributed by atoms with Gasteiger partial charge in [0.15, 0.2) is 0 Å². The fraction of sp³-hybridized carbons (Fsp3) is 0.0833. The quantitative estimate of drug-likeness (QED) is 0.616. The maximum Gasteiger partial charge on any atom is 0.324 e. The molecule has 0 spiro atoms. The van der Waals surface area contributed by atoms with Gasteiger partial charge >= 0.3 is 11.4 Å². The van der Waals surface area contributed by atoms with E-state index in [2.05, 4.69) is 4.98 Å². The smallest absolute Gasteiger partial charge is 0.324 e. The molecule has 0 bridgehead atoms. The van der Waals surface area contributed by atoms with Crippen LogP contribution in [0.25, 0.3) is 0 Å². The van der Waals surface area contributed by atoms with Crippen molar-refractivity contribution in [2.75, 3.05) is 0 Å². The Bertz CT molecular complexity index is 863. The van der Waals surface area contributed by atoms with E-state index >= 15 is 0 Å². The first-order chi connectivity index (χ1) is 12.1. The predicted molar refractivity (Wildman–Crippen MR) is 83.7 cm³/mol. The average Bonchev–Trinajstić information content (AvgIpc) is 2.55. The number of non-ortho nitro benzene ring substituents is 1. The molecule has 0 aliphatic carbocycles. The summed E-state index contributed by atoms with van der Waals surface area (Å²) in [5.74, 6) is -1.21. The summed E-state index contributed by atoms with van der Waals surface area (Å²) < 4.78 is 0. The Kier molecular flexibility index (Phi) is 6.13. The Morgan fingerprint density at radius 1 is 0.846 bits per heavy atom. The third-order valence-electron chi connectivity index (χ3n) is 2.83. The molecule has 0 aliphatic rings. The van der Waals surface area contributed by atoms with Crippen LogP contribution in [0.4, 0.5) is 22.7 Å². The largest absolute Gasteiger partial charge is 0.497 e. The maximum atomic E-state index is 10.4. The van der Waals surface area contributed by atoms with Crippen LogP contribution in [0.15, 0.2) is 30.5 Å². The predicted octanol–water partition coefficient (Wildman–Crippen LogP) is 2.42. The number of nitro benzene ring substituents is 3. The third-order valence-corrected chi connectivity index (χ3v) is 2.83. The van der Waals surface area contributed by atoms with E-state index in [0.29, 0.717) is 17.8 Å². The normalized spacial score (nSPS) is 9.58. The first-order valence-electron chi connectivity index (χ1n) is 6.42. The highest BCUT2D eigenvalue weighted by molar-refractivity contribution is 5.64. The van der Waals surface area contributed by atoms with Gasteiger partial charge < -0.3 is 5.11 Å². The van der Waals surface area contributed by atoms with E-state index < -0.39 is 42.5 Å². The van der Waals surface area contributed by atoms with Crippen molar-refractivity contribution in [1.29, 1.82) is 0 Å². The highest BCUT2D eigenvalue weighted by Crippen LogP contribution is 2.38. The van der Waals surface area contributed by atoms with Crippen molar-refractivity contribution in [3.05, 3.63) is 76.6 Å². The number of pyridine rings is 1. The number of rotatable bonds is 4. The zero-order valence-electron chi connectivity index (χ0n) is 12.8. The summed E-state index contributed by atoms with van der Waals surface area (Å²) >= 11 is 0. The molecular formula is C12H9N5O9. The number of nitrogens with zero attached hydrogens (tertiary/aromatic N) is 5. The van der Waals surface area contributed by atoms with Crippen LogP contribution in [0, 0.1) is 47.4 Å². The Labute approximate surface area is 142 Å². The number of phenols is 1. The highest BCUT2D eigenvalue weighted by atomic mass is 16.6. The molecule has 1 aromatic carbocycles. The number of benzene rings is 1. The number of aryl methyl sites for hydroxylation is 1. The van der Waals surface area contributed by atoms with E-state index in [-0.39, 0.29) is 5.69 Å². The zero-order chi connectivity index (χ0) is 20.0. The summed E-state index contributed by atoms with van der Waals surface area (Å²) in [7, 11) is 0. The van der Waals surface area contributed by atoms with Gasteiger partial charge in [-0.05, 0) is 13.0 Å². The summed E-state index contributed by atoms with van der Waals surface area (Å²) in [4.78, 5) is 41.3. The van der Waals surface area contributed by atoms with Crippen LogP contribution in [0.3, 0.4) is 0 Å². The summed E-state index contributed by atoms with van der Waals surface area (Å²) in [6, 6.07) is 3.87. The molecule has 0 amide bonds. The van der Waals surface area contributed by atoms with Gasteiger partial charge in [-0.3, -0.25) is 45.4 Å². The minimum Gasteiger partial charge on any atom is -0.497 e. The van der Waals surface area contributed by atoms with Crippen LogP contribution in [0.5, 0.6) is 5.75 Å². The van der Waals surface area contributed by atoms with E-state index in [1.807, 2.05) is 0 Å². The second-order valence-corrected chi connectivity index (χ2v) is 4.47. The molecule has 26 heavy (non-hydrogen) atoms. The Morgan fingerprint density at radius 2 is 1.31 bits per heavy atom. The van der Waals surface area contributed by atoms with Gasteiger partial charge in [0.05, 0.1) is 31.8 Å². The zero-order valence-corrected chi connectivity index (χ0v) is 12.8. The Hall–Kier alpha value is -4.23. The van der Waals surface area contributed by atoms with Gasteiger partial charge in [-0.2, -0.15) is 0 Å². The van der Waals surface area contributed by atoms with Crippen LogP contribution in [-0.4, -0.2) is 29.8 Å². The van der Waals surface area contributed by atoms with E-state index in [9.17, 15) is 40.5 Å². The number of hydrogen-bond donors (Lipinski definition) is 1. The van der Waals surface area contributed by atoms with Crippen LogP contribution >= 0.6 is 0 Å². The minimum atomic E-state index is -1.21. The van der Waals surface area contributed by atoms with E-state index in [1.54, 1.807) is 13.0 Å². The summed E-state index contributed by atoms with van der Waals surface area (Å²) in [5.41, 5.74) is -2.48. The van der Waals surface area contributed by atoms with Crippen molar-refractivity contribution in [2.45, 2.75) is 6.92 Å². The first kappa shape index (κ1) is 19.8. The molecule has 14 nitrogen and oxygen atoms in total. The number of nitro groups is 4. The van der Waals surface area contributed by atoms with Crippen LogP contribution in [-0.2, 0) is 0 Å². The molecule has 14 heteroatoms. The fourth-order valence-electron chi connectivity index (χ4n) is 1.64. The lowest BCUT2D eigenvalue weighted by Gasteiger charge is -1.97. The third kappa shape index (κ3) is 4.63. The lowest BCUT2D eigenvalue weighted by atomic mass is 10.2. The lowest BCUT2D eigenvalue weighted by Crippen LogP contribution is -1.97. The van der Waals surface area contributed by atoms with E-state index in [4.69, 9.17) is 5.11 Å². The van der Waals surface area contributed by atoms with E-state index in [0.717, 1.165) is 0 Å². The number of hydrogen-bond acceptors (Lipinski definition) is 10. The topological polar surface area (TPSA) is 206 Å². The van der Waals surface area contributed by atoms with Gasteiger partial charge in [-0.25, -0.2) is 0 Å². The minimum absolute atomic E-state index is 0.0718. The average molecular weight is 367 g/mol. The van der Waals surface area contributed by atoms with Crippen molar-refractivity contribution in [3.63, 3.8) is 0 Å². The molecule has 0 saturated carbocycles. The molecule has 2 aromatic rings. The second kappa shape index (κ2) is 8.04. The molecule has 0 atom stereocenters. The summed E-state index contributed by atoms with van der Waals surface area (Å²) in [6.07, 6.45) is 1.53. The molecule has 0 fully saturated rings. The van der Waals surface area contributed by atoms with E-state index in [1.165, 1.54) is 12.3 Å².